The van der Waals surface area contributed by atoms with Crippen molar-refractivity contribution in [3.63, 3.8) is 0 Å². The molecule has 2 aromatic rings. The molecule has 6 heteroatoms. The van der Waals surface area contributed by atoms with Gasteiger partial charge in [0, 0.05) is 42.8 Å². The molecule has 0 spiro atoms. The number of likely N-dealkylation sites (N-methyl/N-ethyl adjacent to an activating group) is 1. The molecule has 1 aliphatic heterocycles. The summed E-state index contributed by atoms with van der Waals surface area (Å²) in [6.45, 7) is 4.28. The molecule has 2 atom stereocenters. The van der Waals surface area contributed by atoms with E-state index >= 15 is 0 Å². The second-order valence-corrected chi connectivity index (χ2v) is 7.24. The van der Waals surface area contributed by atoms with E-state index in [1.807, 2.05) is 37.3 Å². The summed E-state index contributed by atoms with van der Waals surface area (Å²) in [7, 11) is 0. The standard InChI is InChI=1S/C21H25ClFN3O/c1-2-24-21(27)20-11-17(25-12-15-7-4-6-10-19(15)23)14-26(20)13-16-8-3-5-9-18(16)22/h3-10,17,20,25H,2,11-14H2,1H3,(H,24,27)/t17-,20-/m0/s1. The van der Waals surface area contributed by atoms with Crippen molar-refractivity contribution in [2.75, 3.05) is 13.1 Å². The van der Waals surface area contributed by atoms with Crippen LogP contribution < -0.4 is 10.6 Å². The Morgan fingerprint density at radius 3 is 2.59 bits per heavy atom. The monoisotopic (exact) mass is 389 g/mol. The first-order chi connectivity index (χ1) is 13.1. The number of halogens is 2. The molecule has 0 saturated carbocycles. The summed E-state index contributed by atoms with van der Waals surface area (Å²) >= 11 is 6.30. The molecule has 3 rings (SSSR count). The number of nitrogens with one attached hydrogen (secondary N) is 2. The van der Waals surface area contributed by atoms with Crippen molar-refractivity contribution in [3.05, 3.63) is 70.5 Å². The summed E-state index contributed by atoms with van der Waals surface area (Å²) in [5, 5.41) is 7.02. The van der Waals surface area contributed by atoms with Crippen LogP contribution in [0.25, 0.3) is 0 Å². The second kappa shape index (κ2) is 9.31. The molecular weight excluding hydrogens is 365 g/mol. The van der Waals surface area contributed by atoms with Gasteiger partial charge in [-0.1, -0.05) is 48.0 Å². The highest BCUT2D eigenvalue weighted by molar-refractivity contribution is 6.31. The van der Waals surface area contributed by atoms with Crippen molar-refractivity contribution >= 4 is 17.5 Å². The Hall–Kier alpha value is -1.95. The van der Waals surface area contributed by atoms with E-state index in [2.05, 4.69) is 15.5 Å². The van der Waals surface area contributed by atoms with Crippen LogP contribution >= 0.6 is 11.6 Å². The molecule has 2 N–H and O–H groups in total. The number of rotatable bonds is 7. The molecule has 2 aromatic carbocycles. The van der Waals surface area contributed by atoms with Gasteiger partial charge in [0.15, 0.2) is 0 Å². The Labute approximate surface area is 164 Å². The van der Waals surface area contributed by atoms with Gasteiger partial charge in [-0.05, 0) is 31.0 Å². The zero-order chi connectivity index (χ0) is 19.2. The van der Waals surface area contributed by atoms with Crippen LogP contribution in [-0.2, 0) is 17.9 Å². The summed E-state index contributed by atoms with van der Waals surface area (Å²) < 4.78 is 13.8. The predicted octanol–water partition coefficient (Wildman–Crippen LogP) is 3.35. The van der Waals surface area contributed by atoms with Gasteiger partial charge >= 0.3 is 0 Å². The van der Waals surface area contributed by atoms with Crippen molar-refractivity contribution in [1.82, 2.24) is 15.5 Å². The molecule has 1 aliphatic rings. The van der Waals surface area contributed by atoms with Crippen molar-refractivity contribution in [3.8, 4) is 0 Å². The van der Waals surface area contributed by atoms with E-state index in [1.54, 1.807) is 12.1 Å². The highest BCUT2D eigenvalue weighted by Crippen LogP contribution is 2.24. The van der Waals surface area contributed by atoms with Crippen molar-refractivity contribution in [1.29, 1.82) is 0 Å². The lowest BCUT2D eigenvalue weighted by atomic mass is 10.1. The lowest BCUT2D eigenvalue weighted by Crippen LogP contribution is -2.42. The number of carbonyl (C=O) groups is 1. The third-order valence-electron chi connectivity index (χ3n) is 4.93. The molecule has 1 amide bonds. The zero-order valence-electron chi connectivity index (χ0n) is 15.4. The van der Waals surface area contributed by atoms with E-state index in [0.29, 0.717) is 43.2 Å². The second-order valence-electron chi connectivity index (χ2n) is 6.84. The van der Waals surface area contributed by atoms with E-state index in [9.17, 15) is 9.18 Å². The molecule has 0 aliphatic carbocycles. The normalized spacial score (nSPS) is 20.0. The van der Waals surface area contributed by atoms with Gasteiger partial charge in [0.05, 0.1) is 6.04 Å². The largest absolute Gasteiger partial charge is 0.355 e. The van der Waals surface area contributed by atoms with Crippen LogP contribution in [0.1, 0.15) is 24.5 Å². The number of nitrogens with zero attached hydrogens (tertiary/aromatic N) is 1. The molecule has 1 heterocycles. The first kappa shape index (κ1) is 19.8. The van der Waals surface area contributed by atoms with Crippen LogP contribution in [0.4, 0.5) is 4.39 Å². The molecule has 1 fully saturated rings. The number of benzene rings is 2. The molecule has 0 radical (unpaired) electrons. The van der Waals surface area contributed by atoms with E-state index in [1.165, 1.54) is 6.07 Å². The van der Waals surface area contributed by atoms with E-state index in [-0.39, 0.29) is 23.8 Å². The van der Waals surface area contributed by atoms with Gasteiger partial charge in [-0.15, -0.1) is 0 Å². The average Bonchev–Trinajstić information content (AvgIpc) is 3.06. The maximum atomic E-state index is 13.8. The molecule has 0 unspecified atom stereocenters. The molecular formula is C21H25ClFN3O. The van der Waals surface area contributed by atoms with Crippen LogP contribution in [0.15, 0.2) is 48.5 Å². The summed E-state index contributed by atoms with van der Waals surface area (Å²) in [4.78, 5) is 14.7. The summed E-state index contributed by atoms with van der Waals surface area (Å²) in [6, 6.07) is 14.3. The average molecular weight is 390 g/mol. The van der Waals surface area contributed by atoms with Crippen LogP contribution in [0.5, 0.6) is 0 Å². The van der Waals surface area contributed by atoms with Crippen molar-refractivity contribution in [2.45, 2.75) is 38.5 Å². The lowest BCUT2D eigenvalue weighted by molar-refractivity contribution is -0.125. The third kappa shape index (κ3) is 5.06. The van der Waals surface area contributed by atoms with E-state index < -0.39 is 0 Å². The Morgan fingerprint density at radius 1 is 1.19 bits per heavy atom. The van der Waals surface area contributed by atoms with Crippen LogP contribution in [-0.4, -0.2) is 36.0 Å². The summed E-state index contributed by atoms with van der Waals surface area (Å²) in [5.41, 5.74) is 1.64. The van der Waals surface area contributed by atoms with Gasteiger partial charge < -0.3 is 10.6 Å². The minimum atomic E-state index is -0.223. The minimum Gasteiger partial charge on any atom is -0.355 e. The van der Waals surface area contributed by atoms with Crippen molar-refractivity contribution in [2.24, 2.45) is 0 Å². The SMILES string of the molecule is CCNC(=O)[C@@H]1C[C@H](NCc2ccccc2F)CN1Cc1ccccc1Cl. The Bertz CT molecular complexity index is 786. The predicted molar refractivity (Wildman–Crippen MR) is 106 cm³/mol. The Balaban J connectivity index is 1.68. The first-order valence-corrected chi connectivity index (χ1v) is 9.68. The fourth-order valence-corrected chi connectivity index (χ4v) is 3.73. The van der Waals surface area contributed by atoms with E-state index in [0.717, 1.165) is 5.56 Å². The van der Waals surface area contributed by atoms with Gasteiger partial charge in [0.25, 0.3) is 0 Å². The quantitative estimate of drug-likeness (QED) is 0.763. The highest BCUT2D eigenvalue weighted by Gasteiger charge is 2.36. The van der Waals surface area contributed by atoms with Crippen molar-refractivity contribution < 1.29 is 9.18 Å². The zero-order valence-corrected chi connectivity index (χ0v) is 16.2. The van der Waals surface area contributed by atoms with Gasteiger partial charge in [-0.3, -0.25) is 9.69 Å². The number of carbonyl (C=O) groups excluding carboxylic acids is 1. The summed E-state index contributed by atoms with van der Waals surface area (Å²) in [6.07, 6.45) is 0.685. The Morgan fingerprint density at radius 2 is 1.89 bits per heavy atom. The van der Waals surface area contributed by atoms with Crippen LogP contribution in [0, 0.1) is 5.82 Å². The molecule has 144 valence electrons. The van der Waals surface area contributed by atoms with Gasteiger partial charge in [-0.25, -0.2) is 4.39 Å². The fourth-order valence-electron chi connectivity index (χ4n) is 3.53. The summed E-state index contributed by atoms with van der Waals surface area (Å²) in [5.74, 6) is -0.184. The maximum Gasteiger partial charge on any atom is 0.237 e. The van der Waals surface area contributed by atoms with Crippen LogP contribution in [0.2, 0.25) is 5.02 Å². The van der Waals surface area contributed by atoms with Crippen LogP contribution in [0.3, 0.4) is 0 Å². The molecule has 27 heavy (non-hydrogen) atoms. The lowest BCUT2D eigenvalue weighted by Gasteiger charge is -2.23. The van der Waals surface area contributed by atoms with Gasteiger partial charge in [0.1, 0.15) is 5.82 Å². The molecule has 4 nitrogen and oxygen atoms in total. The smallest absolute Gasteiger partial charge is 0.237 e. The number of likely N-dealkylation sites (tertiary alicyclic amines) is 1. The number of amides is 1. The highest BCUT2D eigenvalue weighted by atomic mass is 35.5. The maximum absolute atomic E-state index is 13.8. The molecule has 0 aromatic heterocycles. The van der Waals surface area contributed by atoms with E-state index in [4.69, 9.17) is 11.6 Å². The minimum absolute atomic E-state index is 0.0275. The topological polar surface area (TPSA) is 44.4 Å². The van der Waals surface area contributed by atoms with Gasteiger partial charge in [0.2, 0.25) is 5.91 Å². The third-order valence-corrected chi connectivity index (χ3v) is 5.30. The molecule has 1 saturated heterocycles. The molecule has 0 bridgehead atoms. The first-order valence-electron chi connectivity index (χ1n) is 9.30. The fraction of sp³-hybridized carbons (Fsp3) is 0.381. The number of hydrogen-bond donors (Lipinski definition) is 2. The number of hydrogen-bond acceptors (Lipinski definition) is 3. The van der Waals surface area contributed by atoms with Gasteiger partial charge in [-0.2, -0.15) is 0 Å². The Kier molecular flexibility index (Phi) is 6.83.